The molecule has 1 aromatic carbocycles. The number of nitrogens with one attached hydrogen (secondary N) is 2. The van der Waals surface area contributed by atoms with E-state index in [2.05, 4.69) is 25.7 Å². The van der Waals surface area contributed by atoms with Crippen LogP contribution in [0.15, 0.2) is 29.3 Å². The maximum Gasteiger partial charge on any atom is 0.296 e. The fraction of sp³-hybridized carbons (Fsp3) is 0.440. The molecule has 2 aromatic heterocycles. The average Bonchev–Trinajstić information content (AvgIpc) is 3.40. The van der Waals surface area contributed by atoms with Gasteiger partial charge in [-0.05, 0) is 38.5 Å². The lowest BCUT2D eigenvalue weighted by atomic mass is 10.1. The average molecular weight is 541 g/mol. The highest BCUT2D eigenvalue weighted by atomic mass is 19.1. The summed E-state index contributed by atoms with van der Waals surface area (Å²) in [5, 5.41) is 20.5. The van der Waals surface area contributed by atoms with Gasteiger partial charge in [-0.1, -0.05) is 6.07 Å². The Kier molecular flexibility index (Phi) is 6.91. The number of hydrogen-bond donors (Lipinski definition) is 3. The van der Waals surface area contributed by atoms with Gasteiger partial charge in [0.15, 0.2) is 5.69 Å². The third-order valence-corrected chi connectivity index (χ3v) is 6.86. The zero-order valence-corrected chi connectivity index (χ0v) is 21.8. The molecule has 206 valence electrons. The fourth-order valence-electron chi connectivity index (χ4n) is 4.73. The van der Waals surface area contributed by atoms with Gasteiger partial charge >= 0.3 is 0 Å². The van der Waals surface area contributed by atoms with Crippen molar-refractivity contribution in [3.63, 3.8) is 0 Å². The smallest absolute Gasteiger partial charge is 0.296 e. The number of carbonyl (C=O) groups is 2. The van der Waals surface area contributed by atoms with Gasteiger partial charge < -0.3 is 25.4 Å². The van der Waals surface area contributed by atoms with Crippen molar-refractivity contribution in [3.05, 3.63) is 63.6 Å². The second-order valence-corrected chi connectivity index (χ2v) is 9.97. The van der Waals surface area contributed by atoms with Gasteiger partial charge in [-0.25, -0.2) is 19.0 Å². The monoisotopic (exact) mass is 540 g/mol. The minimum atomic E-state index is -0.936. The van der Waals surface area contributed by atoms with Crippen LogP contribution < -0.4 is 16.2 Å². The standard InChI is InChI=1S/C25H29FN8O5/c1-14-11-27-6-7-32(14)23(38)20-29-13-34(31-20)17-10-16(26)5-4-15(17)12-28-21(36)18-19(35)22(37)33-8-9-39-25(2,3)24(33)30-18/h4-5,10,13-14,27,35H,6-9,11-12H2,1-3H3,(H,28,36). The van der Waals surface area contributed by atoms with Crippen LogP contribution in [0.25, 0.3) is 5.69 Å². The molecule has 13 nitrogen and oxygen atoms in total. The number of nitrogens with zero attached hydrogens (tertiary/aromatic N) is 6. The molecule has 5 rings (SSSR count). The summed E-state index contributed by atoms with van der Waals surface area (Å²) in [6.45, 7) is 7.54. The molecule has 2 aliphatic rings. The Morgan fingerprint density at radius 3 is 2.87 bits per heavy atom. The summed E-state index contributed by atoms with van der Waals surface area (Å²) in [7, 11) is 0. The summed E-state index contributed by atoms with van der Waals surface area (Å²) in [6.07, 6.45) is 1.31. The van der Waals surface area contributed by atoms with Gasteiger partial charge in [-0.2, -0.15) is 0 Å². The maximum atomic E-state index is 14.2. The first-order chi connectivity index (χ1) is 18.6. The SMILES string of the molecule is CC1CNCCN1C(=O)c1ncn(-c2cc(F)ccc2CNC(=O)c2nc3n(c(=O)c2O)CCOC3(C)C)n1. The zero-order valence-electron chi connectivity index (χ0n) is 21.8. The lowest BCUT2D eigenvalue weighted by Crippen LogP contribution is -2.52. The lowest BCUT2D eigenvalue weighted by molar-refractivity contribution is -0.0566. The molecule has 1 saturated heterocycles. The first-order valence-electron chi connectivity index (χ1n) is 12.6. The number of halogens is 1. The van der Waals surface area contributed by atoms with E-state index < -0.39 is 34.3 Å². The van der Waals surface area contributed by atoms with E-state index in [1.807, 2.05) is 6.92 Å². The van der Waals surface area contributed by atoms with Crippen LogP contribution >= 0.6 is 0 Å². The number of aromatic nitrogens is 5. The van der Waals surface area contributed by atoms with Crippen molar-refractivity contribution in [2.24, 2.45) is 0 Å². The van der Waals surface area contributed by atoms with Crippen molar-refractivity contribution in [2.45, 2.75) is 45.5 Å². The highest BCUT2D eigenvalue weighted by Crippen LogP contribution is 2.27. The van der Waals surface area contributed by atoms with Crippen LogP contribution in [0.4, 0.5) is 4.39 Å². The van der Waals surface area contributed by atoms with Crippen LogP contribution in [-0.4, -0.2) is 78.4 Å². The molecule has 0 aliphatic carbocycles. The number of piperazine rings is 1. The predicted octanol–water partition coefficient (Wildman–Crippen LogP) is 0.298. The number of amides is 2. The van der Waals surface area contributed by atoms with Crippen molar-refractivity contribution >= 4 is 11.8 Å². The number of carbonyl (C=O) groups excluding carboxylic acids is 2. The van der Waals surface area contributed by atoms with Crippen LogP contribution in [0.3, 0.4) is 0 Å². The number of aromatic hydroxyl groups is 1. The van der Waals surface area contributed by atoms with Crippen molar-refractivity contribution in [3.8, 4) is 11.4 Å². The maximum absolute atomic E-state index is 14.2. The Morgan fingerprint density at radius 1 is 1.31 bits per heavy atom. The minimum absolute atomic E-state index is 0.0306. The van der Waals surface area contributed by atoms with E-state index >= 15 is 0 Å². The number of benzene rings is 1. The Morgan fingerprint density at radius 2 is 2.10 bits per heavy atom. The molecular weight excluding hydrogens is 511 g/mol. The molecule has 3 aromatic rings. The molecule has 1 atom stereocenters. The first kappa shape index (κ1) is 26.4. The van der Waals surface area contributed by atoms with Gasteiger partial charge in [-0.3, -0.25) is 19.0 Å². The first-order valence-corrected chi connectivity index (χ1v) is 12.6. The van der Waals surface area contributed by atoms with E-state index in [4.69, 9.17) is 4.74 Å². The molecule has 3 N–H and O–H groups in total. The highest BCUT2D eigenvalue weighted by Gasteiger charge is 2.34. The van der Waals surface area contributed by atoms with E-state index in [0.29, 0.717) is 25.2 Å². The van der Waals surface area contributed by atoms with Crippen LogP contribution in [-0.2, 0) is 23.4 Å². The van der Waals surface area contributed by atoms with E-state index in [9.17, 15) is 23.9 Å². The number of hydrogen-bond acceptors (Lipinski definition) is 9. The predicted molar refractivity (Wildman–Crippen MR) is 135 cm³/mol. The van der Waals surface area contributed by atoms with Crippen molar-refractivity contribution in [1.82, 2.24) is 39.8 Å². The normalized spacial score (nSPS) is 18.5. The Hall–Kier alpha value is -4.17. The summed E-state index contributed by atoms with van der Waals surface area (Å²) < 4.78 is 22.4. The van der Waals surface area contributed by atoms with Gasteiger partial charge in [0.2, 0.25) is 11.6 Å². The topological polar surface area (TPSA) is 156 Å². The van der Waals surface area contributed by atoms with Crippen LogP contribution in [0.5, 0.6) is 5.75 Å². The Balaban J connectivity index is 1.38. The summed E-state index contributed by atoms with van der Waals surface area (Å²) >= 11 is 0. The molecular formula is C25H29FN8O5. The molecule has 0 radical (unpaired) electrons. The molecule has 0 bridgehead atoms. The summed E-state index contributed by atoms with van der Waals surface area (Å²) in [4.78, 5) is 48.7. The van der Waals surface area contributed by atoms with E-state index in [0.717, 1.165) is 0 Å². The van der Waals surface area contributed by atoms with Gasteiger partial charge in [0.1, 0.15) is 23.6 Å². The van der Waals surface area contributed by atoms with Gasteiger partial charge in [0.05, 0.1) is 18.8 Å². The highest BCUT2D eigenvalue weighted by molar-refractivity contribution is 5.94. The quantitative estimate of drug-likeness (QED) is 0.414. The lowest BCUT2D eigenvalue weighted by Gasteiger charge is -2.33. The second-order valence-electron chi connectivity index (χ2n) is 9.97. The number of rotatable bonds is 5. The Bertz CT molecular complexity index is 1500. The summed E-state index contributed by atoms with van der Waals surface area (Å²) in [5.41, 5.74) is -1.40. The van der Waals surface area contributed by atoms with Gasteiger partial charge in [0.25, 0.3) is 17.4 Å². The third kappa shape index (κ3) is 5.00. The molecule has 1 fully saturated rings. The summed E-state index contributed by atoms with van der Waals surface area (Å²) in [6, 6.07) is 3.85. The zero-order chi connectivity index (χ0) is 27.9. The number of fused-ring (bicyclic) bond motifs is 1. The van der Waals surface area contributed by atoms with E-state index in [1.54, 1.807) is 18.7 Å². The van der Waals surface area contributed by atoms with E-state index in [-0.39, 0.29) is 49.0 Å². The van der Waals surface area contributed by atoms with Crippen molar-refractivity contribution in [1.29, 1.82) is 0 Å². The van der Waals surface area contributed by atoms with Gasteiger partial charge in [-0.15, -0.1) is 5.10 Å². The Labute approximate surface area is 222 Å². The van der Waals surface area contributed by atoms with Crippen LogP contribution in [0.1, 0.15) is 53.3 Å². The molecule has 2 amide bonds. The third-order valence-electron chi connectivity index (χ3n) is 6.86. The van der Waals surface area contributed by atoms with Crippen LogP contribution in [0, 0.1) is 5.82 Å². The molecule has 14 heteroatoms. The van der Waals surface area contributed by atoms with Crippen LogP contribution in [0.2, 0.25) is 0 Å². The van der Waals surface area contributed by atoms with Crippen molar-refractivity contribution in [2.75, 3.05) is 26.2 Å². The second kappa shape index (κ2) is 10.2. The molecule has 1 unspecified atom stereocenters. The van der Waals surface area contributed by atoms with E-state index in [1.165, 1.54) is 33.8 Å². The molecule has 0 saturated carbocycles. The summed E-state index contributed by atoms with van der Waals surface area (Å²) in [5.74, 6) is -2.26. The fourth-order valence-corrected chi connectivity index (χ4v) is 4.73. The molecule has 4 heterocycles. The van der Waals surface area contributed by atoms with Crippen molar-refractivity contribution < 1.29 is 23.8 Å². The molecule has 39 heavy (non-hydrogen) atoms. The molecule has 2 aliphatic heterocycles. The van der Waals surface area contributed by atoms with Gasteiger partial charge in [0, 0.05) is 32.2 Å². The molecule has 0 spiro atoms. The minimum Gasteiger partial charge on any atom is -0.501 e. The number of ether oxygens (including phenoxy) is 1. The largest absolute Gasteiger partial charge is 0.501 e.